The van der Waals surface area contributed by atoms with Gasteiger partial charge in [0.1, 0.15) is 5.75 Å². The van der Waals surface area contributed by atoms with Crippen LogP contribution in [-0.4, -0.2) is 64.2 Å². The lowest BCUT2D eigenvalue weighted by molar-refractivity contribution is -0.135. The average molecular weight is 499 g/mol. The zero-order valence-corrected chi connectivity index (χ0v) is 24.6. The molecule has 2 heterocycles. The highest BCUT2D eigenvalue weighted by Crippen LogP contribution is 2.52. The number of hydrogen-bond donors (Lipinski definition) is 1. The largest absolute Gasteiger partial charge is 0.497 e. The Bertz CT molecular complexity index is 896. The minimum atomic E-state index is -0.792. The van der Waals surface area contributed by atoms with E-state index in [0.29, 0.717) is 5.57 Å². The van der Waals surface area contributed by atoms with Gasteiger partial charge in [-0.1, -0.05) is 12.1 Å². The van der Waals surface area contributed by atoms with E-state index in [1.807, 2.05) is 30.3 Å². The summed E-state index contributed by atoms with van der Waals surface area (Å²) in [5, 5.41) is 10.7. The van der Waals surface area contributed by atoms with Gasteiger partial charge in [0, 0.05) is 27.7 Å². The standard InChI is InChI=1S/C31H50N2O3/c1-28(2)17-22(18-29(3,4)32(28)9)26(23-19-30(5,6)33(10)31(7,8)20-23)25(27(34)35)16-21-12-14-24(36-11)15-13-21/h12-16,22-23,26H,17-20H2,1-11H3,(H,34,35). The summed E-state index contributed by atoms with van der Waals surface area (Å²) in [7, 11) is 6.09. The Labute approximate surface area is 219 Å². The molecule has 2 saturated heterocycles. The Morgan fingerprint density at radius 1 is 0.833 bits per heavy atom. The summed E-state index contributed by atoms with van der Waals surface area (Å²) in [6.45, 7) is 18.5. The molecule has 1 aromatic rings. The van der Waals surface area contributed by atoms with Gasteiger partial charge in [-0.15, -0.1) is 0 Å². The summed E-state index contributed by atoms with van der Waals surface area (Å²) >= 11 is 0. The second-order valence-corrected chi connectivity index (χ2v) is 13.9. The average Bonchev–Trinajstić information content (AvgIpc) is 2.75. The summed E-state index contributed by atoms with van der Waals surface area (Å²) in [5.41, 5.74) is 1.43. The van der Waals surface area contributed by atoms with Crippen molar-refractivity contribution in [2.45, 2.75) is 103 Å². The molecule has 1 N–H and O–H groups in total. The summed E-state index contributed by atoms with van der Waals surface area (Å²) < 4.78 is 5.32. The van der Waals surface area contributed by atoms with Gasteiger partial charge in [0.2, 0.25) is 0 Å². The molecule has 0 amide bonds. The minimum Gasteiger partial charge on any atom is -0.497 e. The number of ether oxygens (including phenoxy) is 1. The first-order chi connectivity index (χ1) is 16.4. The Kier molecular flexibility index (Phi) is 7.81. The molecule has 5 nitrogen and oxygen atoms in total. The molecule has 2 aliphatic heterocycles. The number of nitrogens with zero attached hydrogens (tertiary/aromatic N) is 2. The molecule has 0 atom stereocenters. The molecule has 5 heteroatoms. The van der Waals surface area contributed by atoms with Crippen LogP contribution in [0.2, 0.25) is 0 Å². The van der Waals surface area contributed by atoms with Gasteiger partial charge in [0.25, 0.3) is 0 Å². The highest BCUT2D eigenvalue weighted by atomic mass is 16.5. The number of carboxylic acid groups (broad SMARTS) is 1. The van der Waals surface area contributed by atoms with Crippen LogP contribution in [-0.2, 0) is 4.79 Å². The summed E-state index contributed by atoms with van der Waals surface area (Å²) in [6, 6.07) is 7.74. The zero-order valence-electron chi connectivity index (χ0n) is 24.6. The van der Waals surface area contributed by atoms with E-state index in [0.717, 1.165) is 37.0 Å². The van der Waals surface area contributed by atoms with Crippen LogP contribution in [0.4, 0.5) is 0 Å². The van der Waals surface area contributed by atoms with Crippen LogP contribution in [0.1, 0.15) is 86.6 Å². The molecule has 0 spiro atoms. The maximum Gasteiger partial charge on any atom is 0.331 e. The predicted octanol–water partition coefficient (Wildman–Crippen LogP) is 6.58. The van der Waals surface area contributed by atoms with E-state index in [-0.39, 0.29) is 39.9 Å². The van der Waals surface area contributed by atoms with E-state index < -0.39 is 5.97 Å². The predicted molar refractivity (Wildman–Crippen MR) is 149 cm³/mol. The van der Waals surface area contributed by atoms with Crippen molar-refractivity contribution in [2.24, 2.45) is 17.8 Å². The molecule has 0 aromatic heterocycles. The third-order valence-electron chi connectivity index (χ3n) is 9.74. The fourth-order valence-electron chi connectivity index (χ4n) is 7.48. The van der Waals surface area contributed by atoms with E-state index >= 15 is 0 Å². The first-order valence-electron chi connectivity index (χ1n) is 13.5. The lowest BCUT2D eigenvalue weighted by Crippen LogP contribution is -2.62. The molecular formula is C31H50N2O3. The normalized spacial score (nSPS) is 25.2. The van der Waals surface area contributed by atoms with Crippen molar-refractivity contribution in [3.8, 4) is 5.75 Å². The number of rotatable bonds is 6. The minimum absolute atomic E-state index is 0.00904. The van der Waals surface area contributed by atoms with Crippen molar-refractivity contribution in [1.82, 2.24) is 9.80 Å². The number of hydrogen-bond acceptors (Lipinski definition) is 4. The van der Waals surface area contributed by atoms with Gasteiger partial charge in [-0.3, -0.25) is 9.80 Å². The highest BCUT2D eigenvalue weighted by Gasteiger charge is 2.52. The van der Waals surface area contributed by atoms with Gasteiger partial charge in [-0.2, -0.15) is 0 Å². The van der Waals surface area contributed by atoms with Crippen LogP contribution in [0.25, 0.3) is 6.08 Å². The molecule has 3 rings (SSSR count). The molecule has 36 heavy (non-hydrogen) atoms. The van der Waals surface area contributed by atoms with Gasteiger partial charge >= 0.3 is 5.97 Å². The van der Waals surface area contributed by atoms with Crippen LogP contribution in [0.5, 0.6) is 5.75 Å². The summed E-state index contributed by atoms with van der Waals surface area (Å²) in [6.07, 6.45) is 5.87. The molecule has 0 radical (unpaired) electrons. The van der Waals surface area contributed by atoms with Crippen LogP contribution in [0.3, 0.4) is 0 Å². The number of piperidine rings is 2. The van der Waals surface area contributed by atoms with E-state index in [2.05, 4.69) is 79.3 Å². The van der Waals surface area contributed by atoms with E-state index in [1.165, 1.54) is 0 Å². The van der Waals surface area contributed by atoms with Gasteiger partial charge in [-0.25, -0.2) is 4.79 Å². The van der Waals surface area contributed by atoms with Crippen LogP contribution in [0.15, 0.2) is 29.8 Å². The fourth-order valence-corrected chi connectivity index (χ4v) is 7.48. The molecule has 0 aliphatic carbocycles. The summed E-state index contributed by atoms with van der Waals surface area (Å²) in [5.74, 6) is 0.529. The molecule has 2 fully saturated rings. The van der Waals surface area contributed by atoms with Gasteiger partial charge in [0.15, 0.2) is 0 Å². The smallest absolute Gasteiger partial charge is 0.331 e. The molecule has 0 saturated carbocycles. The first-order valence-corrected chi connectivity index (χ1v) is 13.5. The van der Waals surface area contributed by atoms with Crippen molar-refractivity contribution >= 4 is 12.0 Å². The quantitative estimate of drug-likeness (QED) is 0.449. The maximum absolute atomic E-state index is 13.0. The Morgan fingerprint density at radius 2 is 1.19 bits per heavy atom. The second-order valence-electron chi connectivity index (χ2n) is 13.9. The third-order valence-corrected chi connectivity index (χ3v) is 9.74. The topological polar surface area (TPSA) is 53.0 Å². The number of likely N-dealkylation sites (tertiary alicyclic amines) is 2. The lowest BCUT2D eigenvalue weighted by Gasteiger charge is -2.59. The number of carbonyl (C=O) groups is 1. The number of aliphatic carboxylic acids is 1. The van der Waals surface area contributed by atoms with Gasteiger partial charge in [-0.05, 0) is 137 Å². The Hall–Kier alpha value is -1.85. The first kappa shape index (κ1) is 28.7. The van der Waals surface area contributed by atoms with Crippen molar-refractivity contribution in [1.29, 1.82) is 0 Å². The van der Waals surface area contributed by atoms with Crippen molar-refractivity contribution in [2.75, 3.05) is 21.2 Å². The van der Waals surface area contributed by atoms with Crippen LogP contribution >= 0.6 is 0 Å². The number of carboxylic acids is 1. The van der Waals surface area contributed by atoms with Crippen molar-refractivity contribution in [3.05, 3.63) is 35.4 Å². The molecule has 0 bridgehead atoms. The molecule has 1 aromatic carbocycles. The third kappa shape index (κ3) is 5.67. The highest BCUT2D eigenvalue weighted by molar-refractivity contribution is 5.93. The number of methoxy groups -OCH3 is 1. The van der Waals surface area contributed by atoms with Gasteiger partial charge in [0.05, 0.1) is 7.11 Å². The van der Waals surface area contributed by atoms with Crippen LogP contribution in [0, 0.1) is 17.8 Å². The van der Waals surface area contributed by atoms with E-state index in [9.17, 15) is 9.90 Å². The molecule has 202 valence electrons. The fraction of sp³-hybridized carbons (Fsp3) is 0.710. The Balaban J connectivity index is 2.16. The van der Waals surface area contributed by atoms with E-state index in [4.69, 9.17) is 4.74 Å². The second kappa shape index (κ2) is 9.79. The van der Waals surface area contributed by atoms with Gasteiger partial charge < -0.3 is 9.84 Å². The monoisotopic (exact) mass is 498 g/mol. The maximum atomic E-state index is 13.0. The van der Waals surface area contributed by atoms with Crippen molar-refractivity contribution in [3.63, 3.8) is 0 Å². The SMILES string of the molecule is COc1ccc(C=C(C(=O)O)C(C2CC(C)(C)N(C)C(C)(C)C2)C2CC(C)(C)N(C)C(C)(C)C2)cc1. The number of benzene rings is 1. The lowest BCUT2D eigenvalue weighted by atomic mass is 9.59. The molecular weight excluding hydrogens is 448 g/mol. The zero-order chi connectivity index (χ0) is 27.3. The van der Waals surface area contributed by atoms with E-state index in [1.54, 1.807) is 7.11 Å². The van der Waals surface area contributed by atoms with Crippen LogP contribution < -0.4 is 4.74 Å². The Morgan fingerprint density at radius 3 is 1.50 bits per heavy atom. The summed E-state index contributed by atoms with van der Waals surface area (Å²) in [4.78, 5) is 18.0. The van der Waals surface area contributed by atoms with Crippen molar-refractivity contribution < 1.29 is 14.6 Å². The molecule has 0 unspecified atom stereocenters. The molecule has 2 aliphatic rings.